The zero-order valence-corrected chi connectivity index (χ0v) is 20.7. The first kappa shape index (κ1) is 25.4. The van der Waals surface area contributed by atoms with Crippen LogP contribution >= 0.6 is 11.6 Å². The number of nitrogens with zero attached hydrogens (tertiary/aromatic N) is 2. The molecular weight excluding hydrogens is 460 g/mol. The van der Waals surface area contributed by atoms with Gasteiger partial charge in [-0.2, -0.15) is 0 Å². The smallest absolute Gasteiger partial charge is 0.295 e. The molecule has 1 amide bonds. The zero-order valence-electron chi connectivity index (χ0n) is 19.9. The van der Waals surface area contributed by atoms with Crippen LogP contribution in [0.2, 0.25) is 5.02 Å². The molecule has 0 aromatic heterocycles. The van der Waals surface area contributed by atoms with E-state index in [-0.39, 0.29) is 17.9 Å². The molecule has 0 aliphatic carbocycles. The number of amides is 1. The Balaban J connectivity index is 2.20. The summed E-state index contributed by atoms with van der Waals surface area (Å²) in [4.78, 5) is 29.6. The van der Waals surface area contributed by atoms with Gasteiger partial charge in [0.1, 0.15) is 11.5 Å². The highest BCUT2D eigenvalue weighted by atomic mass is 35.5. The number of carbonyl (C=O) groups is 2. The zero-order chi connectivity index (χ0) is 25.0. The average molecular weight is 489 g/mol. The van der Waals surface area contributed by atoms with Gasteiger partial charge in [-0.15, -0.1) is 0 Å². The minimum Gasteiger partial charge on any atom is -0.507 e. The fraction of sp³-hybridized carbons (Fsp3) is 0.360. The van der Waals surface area contributed by atoms with Gasteiger partial charge < -0.3 is 29.1 Å². The number of ether oxygens (including phenoxy) is 3. The molecule has 9 heteroatoms. The summed E-state index contributed by atoms with van der Waals surface area (Å²) < 4.78 is 16.3. The van der Waals surface area contributed by atoms with E-state index in [1.807, 2.05) is 25.9 Å². The molecule has 34 heavy (non-hydrogen) atoms. The second-order valence-corrected chi connectivity index (χ2v) is 8.40. The molecule has 3 rings (SSSR count). The SMILES string of the molecule is CCOc1cc(/C(O)=C2/C(=O)C(=O)N(CCN(C)C)C2c2ccc(OC)c(OC)c2)ccc1Cl. The molecule has 0 saturated carbocycles. The van der Waals surface area contributed by atoms with Crippen LogP contribution in [0, 0.1) is 0 Å². The number of aliphatic hydroxyl groups excluding tert-OH is 1. The minimum absolute atomic E-state index is 0.0132. The van der Waals surface area contributed by atoms with Gasteiger partial charge in [0.25, 0.3) is 11.7 Å². The van der Waals surface area contributed by atoms with Gasteiger partial charge >= 0.3 is 0 Å². The van der Waals surface area contributed by atoms with Crippen LogP contribution in [0.25, 0.3) is 5.76 Å². The molecule has 1 heterocycles. The molecule has 1 aliphatic heterocycles. The van der Waals surface area contributed by atoms with Crippen molar-refractivity contribution in [2.75, 3.05) is 48.0 Å². The van der Waals surface area contributed by atoms with Crippen molar-refractivity contribution >= 4 is 29.1 Å². The summed E-state index contributed by atoms with van der Waals surface area (Å²) in [6.45, 7) is 3.02. The number of ketones is 1. The molecule has 1 saturated heterocycles. The molecular formula is C25H29ClN2O6. The van der Waals surface area contributed by atoms with Crippen LogP contribution in [-0.4, -0.2) is 74.6 Å². The molecule has 1 N–H and O–H groups in total. The highest BCUT2D eigenvalue weighted by molar-refractivity contribution is 6.46. The summed E-state index contributed by atoms with van der Waals surface area (Å²) in [7, 11) is 6.79. The van der Waals surface area contributed by atoms with Gasteiger partial charge in [-0.25, -0.2) is 0 Å². The van der Waals surface area contributed by atoms with Crippen molar-refractivity contribution in [1.82, 2.24) is 9.80 Å². The molecule has 0 bridgehead atoms. The van der Waals surface area contributed by atoms with Crippen molar-refractivity contribution in [3.8, 4) is 17.2 Å². The van der Waals surface area contributed by atoms with Gasteiger partial charge in [-0.3, -0.25) is 9.59 Å². The van der Waals surface area contributed by atoms with E-state index in [0.717, 1.165) is 0 Å². The summed E-state index contributed by atoms with van der Waals surface area (Å²) in [5.41, 5.74) is 0.917. The maximum Gasteiger partial charge on any atom is 0.295 e. The largest absolute Gasteiger partial charge is 0.507 e. The quantitative estimate of drug-likeness (QED) is 0.327. The van der Waals surface area contributed by atoms with Crippen LogP contribution in [0.4, 0.5) is 0 Å². The normalized spacial score (nSPS) is 17.4. The number of benzene rings is 2. The number of methoxy groups -OCH3 is 2. The number of hydrogen-bond donors (Lipinski definition) is 1. The molecule has 1 aliphatic rings. The standard InChI is InChI=1S/C25H29ClN2O6/c1-6-34-19-14-16(7-9-17(19)26)23(29)21-22(15-8-10-18(32-4)20(13-15)33-5)28(12-11-27(2)3)25(31)24(21)30/h7-10,13-14,22,29H,6,11-12H2,1-5H3/b23-21-. The first-order chi connectivity index (χ1) is 16.2. The van der Waals surface area contributed by atoms with Gasteiger partial charge in [0, 0.05) is 18.7 Å². The van der Waals surface area contributed by atoms with Crippen LogP contribution < -0.4 is 14.2 Å². The highest BCUT2D eigenvalue weighted by Crippen LogP contribution is 2.42. The fourth-order valence-electron chi connectivity index (χ4n) is 3.86. The number of likely N-dealkylation sites (N-methyl/N-ethyl adjacent to an activating group) is 1. The Labute approximate surface area is 204 Å². The third-order valence-electron chi connectivity index (χ3n) is 5.56. The number of halogens is 1. The Morgan fingerprint density at radius 3 is 2.38 bits per heavy atom. The topological polar surface area (TPSA) is 88.5 Å². The van der Waals surface area contributed by atoms with Crippen molar-refractivity contribution in [2.24, 2.45) is 0 Å². The van der Waals surface area contributed by atoms with E-state index in [4.69, 9.17) is 25.8 Å². The molecule has 1 atom stereocenters. The number of carbonyl (C=O) groups excluding carboxylic acids is 2. The van der Waals surface area contributed by atoms with Crippen LogP contribution in [0.3, 0.4) is 0 Å². The van der Waals surface area contributed by atoms with E-state index in [2.05, 4.69) is 0 Å². The highest BCUT2D eigenvalue weighted by Gasteiger charge is 2.46. The van der Waals surface area contributed by atoms with E-state index in [0.29, 0.717) is 46.5 Å². The monoisotopic (exact) mass is 488 g/mol. The number of rotatable bonds is 9. The summed E-state index contributed by atoms with van der Waals surface area (Å²) in [6.07, 6.45) is 0. The van der Waals surface area contributed by atoms with Gasteiger partial charge in [-0.1, -0.05) is 17.7 Å². The molecule has 0 radical (unpaired) electrons. The Morgan fingerprint density at radius 2 is 1.76 bits per heavy atom. The van der Waals surface area contributed by atoms with E-state index in [1.165, 1.54) is 19.1 Å². The molecule has 2 aromatic rings. The molecule has 1 unspecified atom stereocenters. The molecule has 8 nitrogen and oxygen atoms in total. The van der Waals surface area contributed by atoms with Crippen molar-refractivity contribution < 1.29 is 28.9 Å². The van der Waals surface area contributed by atoms with Crippen LogP contribution in [0.15, 0.2) is 42.0 Å². The Hall–Kier alpha value is -3.23. The van der Waals surface area contributed by atoms with Crippen molar-refractivity contribution in [3.05, 3.63) is 58.1 Å². The lowest BCUT2D eigenvalue weighted by atomic mass is 9.95. The van der Waals surface area contributed by atoms with Crippen LogP contribution in [0.5, 0.6) is 17.2 Å². The van der Waals surface area contributed by atoms with Crippen LogP contribution in [0.1, 0.15) is 24.1 Å². The van der Waals surface area contributed by atoms with Crippen LogP contribution in [-0.2, 0) is 9.59 Å². The first-order valence-corrected chi connectivity index (χ1v) is 11.2. The first-order valence-electron chi connectivity index (χ1n) is 10.8. The van der Waals surface area contributed by atoms with E-state index in [1.54, 1.807) is 36.4 Å². The second kappa shape index (κ2) is 10.8. The molecule has 0 spiro atoms. The average Bonchev–Trinajstić information content (AvgIpc) is 3.08. The van der Waals surface area contributed by atoms with E-state index in [9.17, 15) is 14.7 Å². The predicted octanol–water partition coefficient (Wildman–Crippen LogP) is 3.74. The summed E-state index contributed by atoms with van der Waals surface area (Å²) in [5.74, 6) is -0.411. The lowest BCUT2D eigenvalue weighted by Crippen LogP contribution is -2.35. The number of aliphatic hydroxyl groups is 1. The Bertz CT molecular complexity index is 1110. The third kappa shape index (κ3) is 4.98. The Kier molecular flexibility index (Phi) is 8.06. The summed E-state index contributed by atoms with van der Waals surface area (Å²) >= 11 is 6.19. The van der Waals surface area contributed by atoms with Gasteiger partial charge in [-0.05, 0) is 56.9 Å². The maximum atomic E-state index is 13.2. The van der Waals surface area contributed by atoms with Crippen molar-refractivity contribution in [3.63, 3.8) is 0 Å². The van der Waals surface area contributed by atoms with Gasteiger partial charge in [0.15, 0.2) is 11.5 Å². The lowest BCUT2D eigenvalue weighted by Gasteiger charge is -2.27. The summed E-state index contributed by atoms with van der Waals surface area (Å²) in [5, 5.41) is 11.6. The predicted molar refractivity (Wildman–Crippen MR) is 130 cm³/mol. The van der Waals surface area contributed by atoms with Crippen molar-refractivity contribution in [2.45, 2.75) is 13.0 Å². The maximum absolute atomic E-state index is 13.2. The Morgan fingerprint density at radius 1 is 1.06 bits per heavy atom. The van der Waals surface area contributed by atoms with E-state index >= 15 is 0 Å². The molecule has 1 fully saturated rings. The summed E-state index contributed by atoms with van der Waals surface area (Å²) in [6, 6.07) is 9.07. The van der Waals surface area contributed by atoms with E-state index < -0.39 is 17.7 Å². The van der Waals surface area contributed by atoms with Gasteiger partial charge in [0.2, 0.25) is 0 Å². The number of hydrogen-bond acceptors (Lipinski definition) is 7. The molecule has 182 valence electrons. The number of Topliss-reactive ketones (excluding diaryl/α,β-unsaturated/α-hetero) is 1. The second-order valence-electron chi connectivity index (χ2n) is 7.99. The minimum atomic E-state index is -0.814. The molecule has 2 aromatic carbocycles. The lowest BCUT2D eigenvalue weighted by molar-refractivity contribution is -0.140. The van der Waals surface area contributed by atoms with Crippen molar-refractivity contribution in [1.29, 1.82) is 0 Å². The fourth-order valence-corrected chi connectivity index (χ4v) is 4.03. The third-order valence-corrected chi connectivity index (χ3v) is 5.87. The number of likely N-dealkylation sites (tertiary alicyclic amines) is 1. The van der Waals surface area contributed by atoms with Gasteiger partial charge in [0.05, 0.1) is 37.5 Å².